The lowest BCUT2D eigenvalue weighted by Gasteiger charge is -1.96. The molecule has 0 aliphatic rings. The summed E-state index contributed by atoms with van der Waals surface area (Å²) in [6.07, 6.45) is 5.62. The van der Waals surface area contributed by atoms with Crippen LogP contribution in [0, 0.1) is 0 Å². The van der Waals surface area contributed by atoms with E-state index in [4.69, 9.17) is 0 Å². The Kier molecular flexibility index (Phi) is 1.73. The molecule has 17 heavy (non-hydrogen) atoms. The van der Waals surface area contributed by atoms with Crippen LogP contribution < -0.4 is 0 Å². The van der Waals surface area contributed by atoms with Gasteiger partial charge < -0.3 is 0 Å². The first-order valence-electron chi connectivity index (χ1n) is 5.43. The molecule has 4 aromatic rings. The van der Waals surface area contributed by atoms with Crippen LogP contribution >= 0.6 is 11.3 Å². The number of nitrogens with zero attached hydrogens (tertiary/aromatic N) is 2. The van der Waals surface area contributed by atoms with Gasteiger partial charge in [-0.3, -0.25) is 9.97 Å². The molecule has 0 unspecified atom stereocenters. The number of hydrogen-bond acceptors (Lipinski definition) is 3. The van der Waals surface area contributed by atoms with Crippen molar-refractivity contribution in [3.63, 3.8) is 0 Å². The Hall–Kier alpha value is -2.00. The Labute approximate surface area is 102 Å². The van der Waals surface area contributed by atoms with Crippen LogP contribution in [0.2, 0.25) is 0 Å². The van der Waals surface area contributed by atoms with Crippen LogP contribution in [0.4, 0.5) is 0 Å². The first-order chi connectivity index (χ1) is 8.42. The first-order valence-corrected chi connectivity index (χ1v) is 6.24. The molecule has 0 saturated heterocycles. The molecule has 0 aliphatic heterocycles. The Balaban J connectivity index is 2.28. The van der Waals surface area contributed by atoms with Gasteiger partial charge in [0.25, 0.3) is 0 Å². The summed E-state index contributed by atoms with van der Waals surface area (Å²) in [6, 6.07) is 10.5. The van der Waals surface area contributed by atoms with Crippen LogP contribution in [0.3, 0.4) is 0 Å². The number of aromatic nitrogens is 2. The molecule has 0 atom stereocenters. The molecule has 0 saturated carbocycles. The van der Waals surface area contributed by atoms with Gasteiger partial charge in [0.2, 0.25) is 0 Å². The number of fused-ring (bicyclic) bond motifs is 4. The van der Waals surface area contributed by atoms with E-state index in [1.165, 1.54) is 25.6 Å². The zero-order valence-electron chi connectivity index (χ0n) is 8.92. The van der Waals surface area contributed by atoms with E-state index in [-0.39, 0.29) is 0 Å². The summed E-state index contributed by atoms with van der Waals surface area (Å²) in [5.41, 5.74) is 1.06. The molecule has 1 aromatic carbocycles. The van der Waals surface area contributed by atoms with Gasteiger partial charge in [-0.1, -0.05) is 6.07 Å². The molecule has 3 heterocycles. The maximum absolute atomic E-state index is 4.39. The molecule has 0 fully saturated rings. The Morgan fingerprint density at radius 3 is 2.94 bits per heavy atom. The van der Waals surface area contributed by atoms with Gasteiger partial charge >= 0.3 is 0 Å². The van der Waals surface area contributed by atoms with Crippen molar-refractivity contribution in [2.45, 2.75) is 0 Å². The van der Waals surface area contributed by atoms with E-state index in [0.717, 1.165) is 5.52 Å². The van der Waals surface area contributed by atoms with E-state index in [2.05, 4.69) is 34.2 Å². The molecule has 0 spiro atoms. The predicted molar refractivity (Wildman–Crippen MR) is 72.4 cm³/mol. The first kappa shape index (κ1) is 9.07. The lowest BCUT2D eigenvalue weighted by Crippen LogP contribution is -1.76. The van der Waals surface area contributed by atoms with Crippen LogP contribution in [0.15, 0.2) is 48.9 Å². The number of hydrogen-bond donors (Lipinski definition) is 0. The second kappa shape index (κ2) is 3.25. The van der Waals surface area contributed by atoms with E-state index in [0.29, 0.717) is 0 Å². The third-order valence-electron chi connectivity index (χ3n) is 3.00. The smallest absolute Gasteiger partial charge is 0.0716 e. The molecular weight excluding hydrogens is 228 g/mol. The highest BCUT2D eigenvalue weighted by Gasteiger charge is 2.06. The van der Waals surface area contributed by atoms with E-state index in [1.54, 1.807) is 11.3 Å². The predicted octanol–water partition coefficient (Wildman–Crippen LogP) is 4.00. The Bertz CT molecular complexity index is 842. The van der Waals surface area contributed by atoms with Gasteiger partial charge in [-0.15, -0.1) is 11.3 Å². The maximum Gasteiger partial charge on any atom is 0.0716 e. The molecule has 4 rings (SSSR count). The van der Waals surface area contributed by atoms with Crippen LogP contribution in [-0.2, 0) is 0 Å². The zero-order valence-corrected chi connectivity index (χ0v) is 9.74. The second-order valence-corrected chi connectivity index (χ2v) is 5.10. The van der Waals surface area contributed by atoms with Crippen LogP contribution in [-0.4, -0.2) is 9.97 Å². The number of benzene rings is 1. The summed E-state index contributed by atoms with van der Waals surface area (Å²) in [5, 5.41) is 3.69. The highest BCUT2D eigenvalue weighted by atomic mass is 32.1. The summed E-state index contributed by atoms with van der Waals surface area (Å²) in [4.78, 5) is 8.60. The second-order valence-electron chi connectivity index (χ2n) is 4.02. The van der Waals surface area contributed by atoms with Crippen molar-refractivity contribution in [1.29, 1.82) is 0 Å². The standard InChI is InChI=1S/C14H8N2S/c1-2-9-6-10-11-8-15-5-3-13(11)17-14(10)7-12(9)16-4-1/h1-8H. The molecule has 3 aromatic heterocycles. The monoisotopic (exact) mass is 236 g/mol. The van der Waals surface area contributed by atoms with E-state index in [9.17, 15) is 0 Å². The number of pyridine rings is 2. The fourth-order valence-electron chi connectivity index (χ4n) is 2.19. The van der Waals surface area contributed by atoms with Crippen molar-refractivity contribution < 1.29 is 0 Å². The summed E-state index contributed by atoms with van der Waals surface area (Å²) in [5.74, 6) is 0. The summed E-state index contributed by atoms with van der Waals surface area (Å²) < 4.78 is 2.56. The van der Waals surface area contributed by atoms with Gasteiger partial charge in [-0.25, -0.2) is 0 Å². The van der Waals surface area contributed by atoms with Crippen LogP contribution in [0.5, 0.6) is 0 Å². The topological polar surface area (TPSA) is 25.8 Å². The van der Waals surface area contributed by atoms with Crippen molar-refractivity contribution in [3.8, 4) is 0 Å². The SMILES string of the molecule is c1cnc2cc3sc4ccncc4c3cc2c1. The summed E-state index contributed by atoms with van der Waals surface area (Å²) in [6.45, 7) is 0. The van der Waals surface area contributed by atoms with Crippen LogP contribution in [0.1, 0.15) is 0 Å². The minimum Gasteiger partial charge on any atom is -0.264 e. The molecule has 0 aliphatic carbocycles. The Morgan fingerprint density at radius 2 is 1.94 bits per heavy atom. The third-order valence-corrected chi connectivity index (χ3v) is 4.13. The van der Waals surface area contributed by atoms with Crippen molar-refractivity contribution in [1.82, 2.24) is 9.97 Å². The van der Waals surface area contributed by atoms with Gasteiger partial charge in [0.15, 0.2) is 0 Å². The third kappa shape index (κ3) is 1.26. The van der Waals surface area contributed by atoms with Gasteiger partial charge in [-0.2, -0.15) is 0 Å². The highest BCUT2D eigenvalue weighted by molar-refractivity contribution is 7.25. The van der Waals surface area contributed by atoms with Crippen molar-refractivity contribution in [2.75, 3.05) is 0 Å². The molecule has 2 nitrogen and oxygen atoms in total. The fourth-order valence-corrected chi connectivity index (χ4v) is 3.28. The van der Waals surface area contributed by atoms with Gasteiger partial charge in [0.05, 0.1) is 5.52 Å². The van der Waals surface area contributed by atoms with E-state index < -0.39 is 0 Å². The van der Waals surface area contributed by atoms with E-state index in [1.807, 2.05) is 24.7 Å². The normalized spacial score (nSPS) is 11.5. The quantitative estimate of drug-likeness (QED) is 0.461. The average Bonchev–Trinajstić information content (AvgIpc) is 2.73. The molecule has 3 heteroatoms. The molecule has 0 amide bonds. The molecule has 80 valence electrons. The van der Waals surface area contributed by atoms with Gasteiger partial charge in [0.1, 0.15) is 0 Å². The minimum atomic E-state index is 1.06. The minimum absolute atomic E-state index is 1.06. The molecular formula is C14H8N2S. The van der Waals surface area contributed by atoms with Crippen molar-refractivity contribution in [3.05, 3.63) is 48.9 Å². The lowest BCUT2D eigenvalue weighted by molar-refractivity contribution is 1.37. The molecule has 0 radical (unpaired) electrons. The zero-order chi connectivity index (χ0) is 11.2. The van der Waals surface area contributed by atoms with Crippen molar-refractivity contribution in [2.24, 2.45) is 0 Å². The van der Waals surface area contributed by atoms with Gasteiger partial charge in [0, 0.05) is 44.1 Å². The van der Waals surface area contributed by atoms with Crippen molar-refractivity contribution >= 4 is 42.4 Å². The number of rotatable bonds is 0. The van der Waals surface area contributed by atoms with E-state index >= 15 is 0 Å². The largest absolute Gasteiger partial charge is 0.264 e. The number of thiophene rings is 1. The molecule has 0 bridgehead atoms. The van der Waals surface area contributed by atoms with Crippen LogP contribution in [0.25, 0.3) is 31.1 Å². The fraction of sp³-hybridized carbons (Fsp3) is 0. The summed E-state index contributed by atoms with van der Waals surface area (Å²) in [7, 11) is 0. The average molecular weight is 236 g/mol. The van der Waals surface area contributed by atoms with Gasteiger partial charge in [-0.05, 0) is 24.3 Å². The lowest BCUT2D eigenvalue weighted by atomic mass is 10.1. The summed E-state index contributed by atoms with van der Waals surface area (Å²) >= 11 is 1.80. The Morgan fingerprint density at radius 1 is 0.941 bits per heavy atom. The highest BCUT2D eigenvalue weighted by Crippen LogP contribution is 2.35. The maximum atomic E-state index is 4.39. The molecule has 0 N–H and O–H groups in total.